The lowest BCUT2D eigenvalue weighted by Gasteiger charge is -2.36. The number of halogens is 1. The standard InChI is InChI=1S/C24H24FNO4S/c1-14-21(24(28)30-9-8-29-2)22(15-5-3-6-17(25)11-15)23-18(26-14)12-16(13-19(23)27)20-7-4-10-31-20/h3-7,10-11,16,22,26H,8-9,12-13H2,1-2H3/t16-,22-/m0/s1. The van der Waals surface area contributed by atoms with Gasteiger partial charge in [0.15, 0.2) is 5.78 Å². The fourth-order valence-corrected chi connectivity index (χ4v) is 5.18. The van der Waals surface area contributed by atoms with Gasteiger partial charge in [-0.25, -0.2) is 9.18 Å². The van der Waals surface area contributed by atoms with Crippen molar-refractivity contribution in [3.63, 3.8) is 0 Å². The van der Waals surface area contributed by atoms with Crippen LogP contribution in [0.3, 0.4) is 0 Å². The van der Waals surface area contributed by atoms with E-state index in [1.807, 2.05) is 17.5 Å². The van der Waals surface area contributed by atoms with Gasteiger partial charge in [0, 0.05) is 47.2 Å². The number of hydrogen-bond donors (Lipinski definition) is 1. The van der Waals surface area contributed by atoms with Crippen molar-refractivity contribution >= 4 is 23.1 Å². The molecule has 2 aromatic rings. The number of dihydropyridines is 1. The molecule has 2 aliphatic rings. The van der Waals surface area contributed by atoms with Gasteiger partial charge in [-0.2, -0.15) is 0 Å². The summed E-state index contributed by atoms with van der Waals surface area (Å²) >= 11 is 1.64. The van der Waals surface area contributed by atoms with E-state index in [1.54, 1.807) is 30.4 Å². The highest BCUT2D eigenvalue weighted by atomic mass is 32.1. The molecule has 0 amide bonds. The minimum absolute atomic E-state index is 0.0314. The van der Waals surface area contributed by atoms with Crippen LogP contribution in [0.5, 0.6) is 0 Å². The molecule has 5 nitrogen and oxygen atoms in total. The molecule has 2 heterocycles. The Morgan fingerprint density at radius 3 is 2.77 bits per heavy atom. The Labute approximate surface area is 184 Å². The predicted molar refractivity (Wildman–Crippen MR) is 116 cm³/mol. The lowest BCUT2D eigenvalue weighted by Crippen LogP contribution is -2.36. The van der Waals surface area contributed by atoms with Crippen molar-refractivity contribution in [2.24, 2.45) is 0 Å². The van der Waals surface area contributed by atoms with E-state index in [4.69, 9.17) is 9.47 Å². The number of esters is 1. The lowest BCUT2D eigenvalue weighted by atomic mass is 9.72. The molecular formula is C24H24FNO4S. The fraction of sp³-hybridized carbons (Fsp3) is 0.333. The average molecular weight is 442 g/mol. The molecule has 0 bridgehead atoms. The summed E-state index contributed by atoms with van der Waals surface area (Å²) in [6, 6.07) is 10.1. The van der Waals surface area contributed by atoms with Crippen LogP contribution in [0.15, 0.2) is 64.3 Å². The average Bonchev–Trinajstić information content (AvgIpc) is 3.27. The van der Waals surface area contributed by atoms with Gasteiger partial charge in [-0.3, -0.25) is 4.79 Å². The number of ether oxygens (including phenoxy) is 2. The molecule has 0 saturated heterocycles. The molecule has 162 valence electrons. The highest BCUT2D eigenvalue weighted by Gasteiger charge is 2.41. The third-order valence-electron chi connectivity index (χ3n) is 5.70. The predicted octanol–water partition coefficient (Wildman–Crippen LogP) is 4.44. The topological polar surface area (TPSA) is 64.6 Å². The molecular weight excluding hydrogens is 417 g/mol. The number of rotatable bonds is 6. The van der Waals surface area contributed by atoms with Crippen LogP contribution in [0.2, 0.25) is 0 Å². The first-order chi connectivity index (χ1) is 15.0. The second-order valence-electron chi connectivity index (χ2n) is 7.72. The van der Waals surface area contributed by atoms with Gasteiger partial charge in [0.25, 0.3) is 0 Å². The maximum Gasteiger partial charge on any atom is 0.336 e. The van der Waals surface area contributed by atoms with E-state index in [-0.39, 0.29) is 24.9 Å². The van der Waals surface area contributed by atoms with Crippen LogP contribution in [-0.2, 0) is 19.1 Å². The molecule has 1 aliphatic carbocycles. The Balaban J connectivity index is 1.76. The summed E-state index contributed by atoms with van der Waals surface area (Å²) in [6.07, 6.45) is 1.02. The lowest BCUT2D eigenvalue weighted by molar-refractivity contribution is -0.140. The summed E-state index contributed by atoms with van der Waals surface area (Å²) in [7, 11) is 1.53. The van der Waals surface area contributed by atoms with Gasteiger partial charge in [-0.15, -0.1) is 11.3 Å². The monoisotopic (exact) mass is 441 g/mol. The Morgan fingerprint density at radius 2 is 2.06 bits per heavy atom. The van der Waals surface area contributed by atoms with E-state index < -0.39 is 17.7 Å². The quantitative estimate of drug-likeness (QED) is 0.530. The van der Waals surface area contributed by atoms with Crippen molar-refractivity contribution < 1.29 is 23.5 Å². The fourth-order valence-electron chi connectivity index (χ4n) is 4.35. The third kappa shape index (κ3) is 4.34. The second-order valence-corrected chi connectivity index (χ2v) is 8.70. The van der Waals surface area contributed by atoms with Gasteiger partial charge in [0.2, 0.25) is 0 Å². The van der Waals surface area contributed by atoms with Crippen LogP contribution in [0.4, 0.5) is 4.39 Å². The molecule has 1 N–H and O–H groups in total. The Bertz CT molecular complexity index is 1060. The molecule has 1 aromatic carbocycles. The third-order valence-corrected chi connectivity index (χ3v) is 6.73. The van der Waals surface area contributed by atoms with Crippen LogP contribution >= 0.6 is 11.3 Å². The first-order valence-electron chi connectivity index (χ1n) is 10.2. The SMILES string of the molecule is COCCOC(=O)C1=C(C)NC2=C(C(=O)C[C@@H](c3cccs3)C2)[C@H]1c1cccc(F)c1. The van der Waals surface area contributed by atoms with E-state index in [0.717, 1.165) is 10.6 Å². The normalized spacial score (nSPS) is 21.1. The first kappa shape index (κ1) is 21.5. The van der Waals surface area contributed by atoms with Crippen LogP contribution in [0.1, 0.15) is 42.0 Å². The Morgan fingerprint density at radius 1 is 1.23 bits per heavy atom. The number of Topliss-reactive ketones (excluding diaryl/α,β-unsaturated/α-hetero) is 1. The molecule has 0 radical (unpaired) electrons. The highest BCUT2D eigenvalue weighted by molar-refractivity contribution is 7.10. The number of hydrogen-bond acceptors (Lipinski definition) is 6. The number of allylic oxidation sites excluding steroid dienone is 3. The van der Waals surface area contributed by atoms with Crippen molar-refractivity contribution in [3.05, 3.63) is 80.6 Å². The molecule has 0 fully saturated rings. The van der Waals surface area contributed by atoms with E-state index in [0.29, 0.717) is 35.2 Å². The molecule has 4 rings (SSSR count). The molecule has 7 heteroatoms. The Kier molecular flexibility index (Phi) is 6.34. The van der Waals surface area contributed by atoms with Crippen molar-refractivity contribution in [1.29, 1.82) is 0 Å². The maximum atomic E-state index is 14.1. The van der Waals surface area contributed by atoms with Crippen LogP contribution < -0.4 is 5.32 Å². The minimum Gasteiger partial charge on any atom is -0.460 e. The van der Waals surface area contributed by atoms with Gasteiger partial charge in [0.05, 0.1) is 12.2 Å². The number of carbonyl (C=O) groups is 2. The van der Waals surface area contributed by atoms with Crippen molar-refractivity contribution in [3.8, 4) is 0 Å². The van der Waals surface area contributed by atoms with E-state index in [1.165, 1.54) is 19.2 Å². The zero-order chi connectivity index (χ0) is 22.0. The second kappa shape index (κ2) is 9.16. The summed E-state index contributed by atoms with van der Waals surface area (Å²) in [5.41, 5.74) is 2.85. The number of ketones is 1. The first-order valence-corrected chi connectivity index (χ1v) is 11.1. The summed E-state index contributed by atoms with van der Waals surface area (Å²) in [6.45, 7) is 2.16. The van der Waals surface area contributed by atoms with E-state index in [2.05, 4.69) is 5.32 Å². The smallest absolute Gasteiger partial charge is 0.336 e. The number of carbonyl (C=O) groups excluding carboxylic acids is 2. The molecule has 0 spiro atoms. The number of nitrogens with one attached hydrogen (secondary N) is 1. The summed E-state index contributed by atoms with van der Waals surface area (Å²) in [5, 5.41) is 5.30. The van der Waals surface area contributed by atoms with Gasteiger partial charge in [-0.05, 0) is 42.5 Å². The van der Waals surface area contributed by atoms with Crippen LogP contribution in [-0.4, -0.2) is 32.1 Å². The molecule has 1 aromatic heterocycles. The van der Waals surface area contributed by atoms with Gasteiger partial charge >= 0.3 is 5.97 Å². The summed E-state index contributed by atoms with van der Waals surface area (Å²) < 4.78 is 24.4. The summed E-state index contributed by atoms with van der Waals surface area (Å²) in [4.78, 5) is 27.5. The molecule has 31 heavy (non-hydrogen) atoms. The molecule has 0 saturated carbocycles. The zero-order valence-electron chi connectivity index (χ0n) is 17.4. The van der Waals surface area contributed by atoms with Crippen LogP contribution in [0.25, 0.3) is 0 Å². The van der Waals surface area contributed by atoms with E-state index in [9.17, 15) is 14.0 Å². The van der Waals surface area contributed by atoms with E-state index >= 15 is 0 Å². The number of thiophene rings is 1. The number of benzene rings is 1. The largest absolute Gasteiger partial charge is 0.460 e. The van der Waals surface area contributed by atoms with Crippen molar-refractivity contribution in [1.82, 2.24) is 5.32 Å². The number of methoxy groups -OCH3 is 1. The van der Waals surface area contributed by atoms with Crippen molar-refractivity contribution in [2.75, 3.05) is 20.3 Å². The molecule has 1 aliphatic heterocycles. The van der Waals surface area contributed by atoms with Gasteiger partial charge in [-0.1, -0.05) is 18.2 Å². The summed E-state index contributed by atoms with van der Waals surface area (Å²) in [5.74, 6) is -1.55. The highest BCUT2D eigenvalue weighted by Crippen LogP contribution is 2.46. The van der Waals surface area contributed by atoms with Gasteiger partial charge < -0.3 is 14.8 Å². The minimum atomic E-state index is -0.668. The maximum absolute atomic E-state index is 14.1. The van der Waals surface area contributed by atoms with Gasteiger partial charge in [0.1, 0.15) is 12.4 Å². The molecule has 2 atom stereocenters. The van der Waals surface area contributed by atoms with Crippen LogP contribution in [0, 0.1) is 5.82 Å². The Hall–Kier alpha value is -2.77. The molecule has 0 unspecified atom stereocenters. The zero-order valence-corrected chi connectivity index (χ0v) is 18.3. The van der Waals surface area contributed by atoms with Crippen molar-refractivity contribution in [2.45, 2.75) is 31.6 Å².